The molecule has 0 aromatic rings. The molecular weight excluding hydrogens is 482 g/mol. The largest absolute Gasteiger partial charge is 0.379 e. The van der Waals surface area contributed by atoms with Crippen LogP contribution in [0.15, 0.2) is 0 Å². The van der Waals surface area contributed by atoms with Gasteiger partial charge >= 0.3 is 0 Å². The highest BCUT2D eigenvalue weighted by Crippen LogP contribution is 2.16. The molecule has 0 aromatic carbocycles. The summed E-state index contributed by atoms with van der Waals surface area (Å²) in [4.78, 5) is 0. The predicted octanol–water partition coefficient (Wildman–Crippen LogP) is 11.0. The number of unbranched alkanes of at least 4 members (excludes halogenated alkanes) is 22. The first kappa shape index (κ1) is 38.8. The Kier molecular flexibility index (Phi) is 29.2. The first-order chi connectivity index (χ1) is 18.9. The van der Waals surface area contributed by atoms with Crippen LogP contribution in [0.5, 0.6) is 0 Å². The Morgan fingerprint density at radius 1 is 0.513 bits per heavy atom. The van der Waals surface area contributed by atoms with Crippen LogP contribution in [0.3, 0.4) is 0 Å². The second-order valence-corrected chi connectivity index (χ2v) is 12.9. The summed E-state index contributed by atoms with van der Waals surface area (Å²) in [6, 6.07) is 0.132. The summed E-state index contributed by atoms with van der Waals surface area (Å²) >= 11 is 0. The fourth-order valence-corrected chi connectivity index (χ4v) is 5.28. The van der Waals surface area contributed by atoms with Gasteiger partial charge in [-0.3, -0.25) is 0 Å². The highest BCUT2D eigenvalue weighted by molar-refractivity contribution is 4.63. The molecule has 0 aromatic heterocycles. The molecule has 0 aliphatic rings. The van der Waals surface area contributed by atoms with Gasteiger partial charge in [-0.1, -0.05) is 155 Å². The summed E-state index contributed by atoms with van der Waals surface area (Å²) in [6.07, 6.45) is 33.7. The summed E-state index contributed by atoms with van der Waals surface area (Å²) in [5, 5.41) is 10.4. The van der Waals surface area contributed by atoms with Crippen LogP contribution in [0.1, 0.15) is 181 Å². The average Bonchev–Trinajstić information content (AvgIpc) is 2.90. The van der Waals surface area contributed by atoms with E-state index >= 15 is 0 Å². The molecule has 0 aliphatic carbocycles. The second-order valence-electron chi connectivity index (χ2n) is 12.9. The molecule has 4 heteroatoms. The Bertz CT molecular complexity index is 465. The molecule has 0 saturated heterocycles. The van der Waals surface area contributed by atoms with Crippen molar-refractivity contribution in [2.24, 2.45) is 0 Å². The van der Waals surface area contributed by atoms with Gasteiger partial charge in [-0.05, 0) is 19.8 Å². The van der Waals surface area contributed by atoms with Crippen LogP contribution in [0.25, 0.3) is 0 Å². The SMILES string of the molecule is CCCCCCCCCCCCCCOCC(CC(C)[N+](C)(C)O)OCCCCCCCCCCCCCC. The molecule has 0 heterocycles. The van der Waals surface area contributed by atoms with E-state index in [-0.39, 0.29) is 16.8 Å². The van der Waals surface area contributed by atoms with E-state index in [4.69, 9.17) is 9.47 Å². The van der Waals surface area contributed by atoms with Gasteiger partial charge in [0.05, 0.1) is 26.8 Å². The van der Waals surface area contributed by atoms with E-state index in [9.17, 15) is 5.21 Å². The summed E-state index contributed by atoms with van der Waals surface area (Å²) in [5.74, 6) is 0. The van der Waals surface area contributed by atoms with Crippen LogP contribution < -0.4 is 0 Å². The maximum absolute atomic E-state index is 10.4. The third kappa shape index (κ3) is 29.1. The average molecular weight is 557 g/mol. The van der Waals surface area contributed by atoms with Crippen molar-refractivity contribution in [2.45, 2.75) is 193 Å². The lowest BCUT2D eigenvalue weighted by atomic mass is 10.1. The number of hydroxylamine groups is 3. The lowest BCUT2D eigenvalue weighted by Gasteiger charge is -2.30. The van der Waals surface area contributed by atoms with Crippen LogP contribution >= 0.6 is 0 Å². The second kappa shape index (κ2) is 29.3. The Hall–Kier alpha value is -0.160. The third-order valence-electron chi connectivity index (χ3n) is 8.48. The Labute approximate surface area is 246 Å². The van der Waals surface area contributed by atoms with Gasteiger partial charge in [0.1, 0.15) is 6.04 Å². The molecule has 1 N–H and O–H groups in total. The Balaban J connectivity index is 3.81. The molecular formula is C35H74NO3+. The molecule has 0 bridgehead atoms. The van der Waals surface area contributed by atoms with Gasteiger partial charge in [0, 0.05) is 19.6 Å². The van der Waals surface area contributed by atoms with Crippen molar-refractivity contribution in [2.75, 3.05) is 33.9 Å². The van der Waals surface area contributed by atoms with E-state index in [1.54, 1.807) is 0 Å². The minimum Gasteiger partial charge on any atom is -0.379 e. The summed E-state index contributed by atoms with van der Waals surface area (Å²) in [7, 11) is 3.69. The molecule has 4 nitrogen and oxygen atoms in total. The van der Waals surface area contributed by atoms with Gasteiger partial charge in [0.15, 0.2) is 0 Å². The Morgan fingerprint density at radius 3 is 1.21 bits per heavy atom. The zero-order chi connectivity index (χ0) is 28.9. The van der Waals surface area contributed by atoms with Crippen molar-refractivity contribution in [3.63, 3.8) is 0 Å². The van der Waals surface area contributed by atoms with Gasteiger partial charge in [-0.25, -0.2) is 5.21 Å². The van der Waals surface area contributed by atoms with Crippen LogP contribution in [0.2, 0.25) is 0 Å². The lowest BCUT2D eigenvalue weighted by molar-refractivity contribution is -1.09. The molecule has 0 fully saturated rings. The van der Waals surface area contributed by atoms with Crippen LogP contribution in [0.4, 0.5) is 0 Å². The number of hydrogen-bond donors (Lipinski definition) is 1. The lowest BCUT2D eigenvalue weighted by Crippen LogP contribution is -2.46. The van der Waals surface area contributed by atoms with E-state index in [2.05, 4.69) is 20.8 Å². The van der Waals surface area contributed by atoms with Gasteiger partial charge < -0.3 is 9.47 Å². The van der Waals surface area contributed by atoms with E-state index in [0.717, 1.165) is 32.5 Å². The first-order valence-corrected chi connectivity index (χ1v) is 17.7. The monoisotopic (exact) mass is 557 g/mol. The molecule has 0 aliphatic heterocycles. The molecule has 2 unspecified atom stereocenters. The van der Waals surface area contributed by atoms with Gasteiger partial charge in [0.2, 0.25) is 0 Å². The number of quaternary nitrogens is 1. The van der Waals surface area contributed by atoms with Crippen LogP contribution in [0, 0.1) is 0 Å². The Morgan fingerprint density at radius 2 is 0.846 bits per heavy atom. The van der Waals surface area contributed by atoms with Crippen molar-refractivity contribution in [3.8, 4) is 0 Å². The van der Waals surface area contributed by atoms with Gasteiger partial charge in [-0.2, -0.15) is 4.65 Å². The topological polar surface area (TPSA) is 38.7 Å². The molecule has 0 spiro atoms. The number of ether oxygens (including phenoxy) is 2. The zero-order valence-electron chi connectivity index (χ0n) is 27.7. The molecule has 2 atom stereocenters. The van der Waals surface area contributed by atoms with Gasteiger partial charge in [0.25, 0.3) is 0 Å². The molecule has 236 valence electrons. The highest BCUT2D eigenvalue weighted by atomic mass is 16.5. The van der Waals surface area contributed by atoms with Crippen molar-refractivity contribution >= 4 is 0 Å². The standard InChI is InChI=1S/C35H74NO3/c1-6-8-10-12-14-16-18-20-22-24-26-28-30-38-33-35(32-34(3)36(4,5)37)39-31-29-27-25-23-21-19-17-15-13-11-9-7-2/h34-35,37H,6-33H2,1-5H3/q+1. The fourth-order valence-electron chi connectivity index (χ4n) is 5.28. The number of rotatable bonds is 32. The minimum atomic E-state index is -0.0167. The van der Waals surface area contributed by atoms with Gasteiger partial charge in [-0.15, -0.1) is 0 Å². The first-order valence-electron chi connectivity index (χ1n) is 17.7. The maximum atomic E-state index is 10.4. The van der Waals surface area contributed by atoms with Crippen molar-refractivity contribution in [1.82, 2.24) is 0 Å². The number of nitrogens with zero attached hydrogens (tertiary/aromatic N) is 1. The van der Waals surface area contributed by atoms with Crippen LogP contribution in [-0.2, 0) is 9.47 Å². The van der Waals surface area contributed by atoms with E-state index < -0.39 is 0 Å². The molecule has 0 radical (unpaired) electrons. The van der Waals surface area contributed by atoms with Crippen molar-refractivity contribution in [3.05, 3.63) is 0 Å². The summed E-state index contributed by atoms with van der Waals surface area (Å²) in [5.41, 5.74) is 0. The molecule has 39 heavy (non-hydrogen) atoms. The minimum absolute atomic E-state index is 0.0167. The van der Waals surface area contributed by atoms with Crippen molar-refractivity contribution < 1.29 is 19.3 Å². The third-order valence-corrected chi connectivity index (χ3v) is 8.48. The maximum Gasteiger partial charge on any atom is 0.118 e. The summed E-state index contributed by atoms with van der Waals surface area (Å²) < 4.78 is 12.3. The van der Waals surface area contributed by atoms with Crippen LogP contribution in [-0.4, -0.2) is 55.9 Å². The predicted molar refractivity (Wildman–Crippen MR) is 171 cm³/mol. The van der Waals surface area contributed by atoms with E-state index in [0.29, 0.717) is 6.61 Å². The quantitative estimate of drug-likeness (QED) is 0.0508. The molecule has 0 rings (SSSR count). The number of hydrogen-bond acceptors (Lipinski definition) is 3. The normalized spacial score (nSPS) is 13.7. The molecule has 0 amide bonds. The fraction of sp³-hybridized carbons (Fsp3) is 1.00. The smallest absolute Gasteiger partial charge is 0.118 e. The molecule has 0 saturated carbocycles. The van der Waals surface area contributed by atoms with E-state index in [1.807, 2.05) is 14.1 Å². The zero-order valence-corrected chi connectivity index (χ0v) is 27.7. The summed E-state index contributed by atoms with van der Waals surface area (Å²) in [6.45, 7) is 8.98. The van der Waals surface area contributed by atoms with E-state index in [1.165, 1.54) is 141 Å². The highest BCUT2D eigenvalue weighted by Gasteiger charge is 2.26. The van der Waals surface area contributed by atoms with Crippen molar-refractivity contribution in [1.29, 1.82) is 0 Å².